The summed E-state index contributed by atoms with van der Waals surface area (Å²) in [7, 11) is 0. The van der Waals surface area contributed by atoms with Gasteiger partial charge in [0, 0.05) is 6.54 Å². The van der Waals surface area contributed by atoms with Gasteiger partial charge in [0.25, 0.3) is 0 Å². The highest BCUT2D eigenvalue weighted by molar-refractivity contribution is 7.07. The molecule has 2 heterocycles. The van der Waals surface area contributed by atoms with Crippen LogP contribution in [0.3, 0.4) is 0 Å². The minimum atomic E-state index is -0.874. The van der Waals surface area contributed by atoms with Crippen molar-refractivity contribution in [2.45, 2.75) is 44.6 Å². The fourth-order valence-corrected chi connectivity index (χ4v) is 3.18. The standard InChI is InChI=1S/C14H19NO3S/c16-13(9-11-6-8-19-10-11)15-7-4-2-1-3-5-12(15)14(17)18/h6,8,10,12H,1-5,7,9H2,(H,17,18). The van der Waals surface area contributed by atoms with Crippen molar-refractivity contribution in [3.05, 3.63) is 22.4 Å². The van der Waals surface area contributed by atoms with E-state index in [-0.39, 0.29) is 5.91 Å². The molecular weight excluding hydrogens is 262 g/mol. The molecule has 0 radical (unpaired) electrons. The molecule has 1 N–H and O–H groups in total. The molecule has 0 saturated carbocycles. The van der Waals surface area contributed by atoms with Crippen LogP contribution >= 0.6 is 11.3 Å². The number of hydrogen-bond acceptors (Lipinski definition) is 3. The summed E-state index contributed by atoms with van der Waals surface area (Å²) < 4.78 is 0. The third kappa shape index (κ3) is 3.80. The van der Waals surface area contributed by atoms with E-state index in [1.807, 2.05) is 16.8 Å². The zero-order valence-corrected chi connectivity index (χ0v) is 11.7. The normalized spacial score (nSPS) is 20.6. The fourth-order valence-electron chi connectivity index (χ4n) is 2.51. The largest absolute Gasteiger partial charge is 0.480 e. The fraction of sp³-hybridized carbons (Fsp3) is 0.571. The number of carboxylic acids is 1. The molecule has 4 nitrogen and oxygen atoms in total. The van der Waals surface area contributed by atoms with E-state index in [0.29, 0.717) is 19.4 Å². The van der Waals surface area contributed by atoms with Gasteiger partial charge in [-0.05, 0) is 35.2 Å². The molecule has 2 rings (SSSR count). The van der Waals surface area contributed by atoms with Gasteiger partial charge in [0.1, 0.15) is 6.04 Å². The Balaban J connectivity index is 2.07. The summed E-state index contributed by atoms with van der Waals surface area (Å²) in [5, 5.41) is 13.2. The number of carbonyl (C=O) groups excluding carboxylic acids is 1. The van der Waals surface area contributed by atoms with Crippen molar-refractivity contribution in [3.63, 3.8) is 0 Å². The number of aliphatic carboxylic acids is 1. The van der Waals surface area contributed by atoms with Gasteiger partial charge < -0.3 is 10.0 Å². The van der Waals surface area contributed by atoms with Gasteiger partial charge in [-0.2, -0.15) is 11.3 Å². The lowest BCUT2D eigenvalue weighted by Crippen LogP contribution is -2.46. The Hall–Kier alpha value is -1.36. The van der Waals surface area contributed by atoms with Crippen molar-refractivity contribution in [2.24, 2.45) is 0 Å². The molecule has 1 atom stereocenters. The molecule has 0 aliphatic carbocycles. The van der Waals surface area contributed by atoms with Crippen LogP contribution in [0.5, 0.6) is 0 Å². The van der Waals surface area contributed by atoms with E-state index in [2.05, 4.69) is 0 Å². The average molecular weight is 281 g/mol. The lowest BCUT2D eigenvalue weighted by Gasteiger charge is -2.31. The Labute approximate surface area is 117 Å². The predicted molar refractivity (Wildman–Crippen MR) is 74.2 cm³/mol. The first kappa shape index (κ1) is 14.1. The number of rotatable bonds is 3. The predicted octanol–water partition coefficient (Wildman–Crippen LogP) is 2.54. The summed E-state index contributed by atoms with van der Waals surface area (Å²) in [5.41, 5.74) is 0.973. The van der Waals surface area contributed by atoms with Gasteiger partial charge in [0.2, 0.25) is 5.91 Å². The van der Waals surface area contributed by atoms with Gasteiger partial charge in [-0.15, -0.1) is 0 Å². The van der Waals surface area contributed by atoms with E-state index in [1.165, 1.54) is 0 Å². The lowest BCUT2D eigenvalue weighted by atomic mass is 10.0. The van der Waals surface area contributed by atoms with Crippen molar-refractivity contribution in [2.75, 3.05) is 6.54 Å². The smallest absolute Gasteiger partial charge is 0.326 e. The topological polar surface area (TPSA) is 57.6 Å². The van der Waals surface area contributed by atoms with Crippen LogP contribution in [0.4, 0.5) is 0 Å². The van der Waals surface area contributed by atoms with Crippen LogP contribution in [0.1, 0.15) is 37.7 Å². The second kappa shape index (κ2) is 6.70. The highest BCUT2D eigenvalue weighted by atomic mass is 32.1. The van der Waals surface area contributed by atoms with E-state index in [4.69, 9.17) is 0 Å². The molecule has 5 heteroatoms. The first-order valence-electron chi connectivity index (χ1n) is 6.72. The summed E-state index contributed by atoms with van der Waals surface area (Å²) in [6.45, 7) is 0.569. The summed E-state index contributed by atoms with van der Waals surface area (Å²) in [6.07, 6.45) is 4.82. The minimum absolute atomic E-state index is 0.0623. The third-order valence-corrected chi connectivity index (χ3v) is 4.28. The number of nitrogens with zero attached hydrogens (tertiary/aromatic N) is 1. The van der Waals surface area contributed by atoms with Gasteiger partial charge >= 0.3 is 5.97 Å². The summed E-state index contributed by atoms with van der Waals surface area (Å²) in [6, 6.07) is 1.27. The highest BCUT2D eigenvalue weighted by Crippen LogP contribution is 2.18. The molecule has 1 aromatic rings. The molecule has 1 saturated heterocycles. The van der Waals surface area contributed by atoms with Gasteiger partial charge in [0.05, 0.1) is 6.42 Å². The van der Waals surface area contributed by atoms with Crippen molar-refractivity contribution in [1.29, 1.82) is 0 Å². The molecule has 0 spiro atoms. The first-order valence-corrected chi connectivity index (χ1v) is 7.66. The molecule has 1 aliphatic heterocycles. The van der Waals surface area contributed by atoms with E-state index < -0.39 is 12.0 Å². The van der Waals surface area contributed by atoms with Crippen LogP contribution in [0.2, 0.25) is 0 Å². The van der Waals surface area contributed by atoms with Crippen molar-refractivity contribution in [3.8, 4) is 0 Å². The molecule has 1 aliphatic rings. The summed E-state index contributed by atoms with van der Waals surface area (Å²) in [5.74, 6) is -0.937. The second-order valence-corrected chi connectivity index (χ2v) is 5.73. The van der Waals surface area contributed by atoms with Crippen LogP contribution in [-0.2, 0) is 16.0 Å². The maximum absolute atomic E-state index is 12.3. The van der Waals surface area contributed by atoms with E-state index in [1.54, 1.807) is 16.2 Å². The highest BCUT2D eigenvalue weighted by Gasteiger charge is 2.29. The molecule has 0 aromatic carbocycles. The third-order valence-electron chi connectivity index (χ3n) is 3.54. The first-order chi connectivity index (χ1) is 9.18. The van der Waals surface area contributed by atoms with Gasteiger partial charge in [-0.25, -0.2) is 4.79 Å². The molecular formula is C14H19NO3S. The van der Waals surface area contributed by atoms with Crippen LogP contribution in [0.25, 0.3) is 0 Å². The van der Waals surface area contributed by atoms with Crippen molar-refractivity contribution in [1.82, 2.24) is 4.90 Å². The zero-order chi connectivity index (χ0) is 13.7. The van der Waals surface area contributed by atoms with E-state index in [9.17, 15) is 14.7 Å². The minimum Gasteiger partial charge on any atom is -0.480 e. The maximum atomic E-state index is 12.3. The summed E-state index contributed by atoms with van der Waals surface area (Å²) >= 11 is 1.56. The molecule has 1 unspecified atom stereocenters. The average Bonchev–Trinajstić information content (AvgIpc) is 2.80. The molecule has 104 valence electrons. The Morgan fingerprint density at radius 1 is 1.32 bits per heavy atom. The van der Waals surface area contributed by atoms with Gasteiger partial charge in [-0.3, -0.25) is 4.79 Å². The number of amides is 1. The van der Waals surface area contributed by atoms with Crippen LogP contribution in [0, 0.1) is 0 Å². The molecule has 1 aromatic heterocycles. The summed E-state index contributed by atoms with van der Waals surface area (Å²) in [4.78, 5) is 25.2. The molecule has 0 bridgehead atoms. The Kier molecular flexibility index (Phi) is 4.96. The van der Waals surface area contributed by atoms with Crippen LogP contribution in [-0.4, -0.2) is 34.5 Å². The molecule has 1 amide bonds. The zero-order valence-electron chi connectivity index (χ0n) is 10.9. The Morgan fingerprint density at radius 2 is 2.11 bits per heavy atom. The van der Waals surface area contributed by atoms with Crippen LogP contribution < -0.4 is 0 Å². The Bertz CT molecular complexity index is 430. The van der Waals surface area contributed by atoms with Gasteiger partial charge in [-0.1, -0.05) is 19.3 Å². The second-order valence-electron chi connectivity index (χ2n) is 4.95. The van der Waals surface area contributed by atoms with Crippen molar-refractivity contribution >= 4 is 23.2 Å². The Morgan fingerprint density at radius 3 is 2.79 bits per heavy atom. The quantitative estimate of drug-likeness (QED) is 0.926. The van der Waals surface area contributed by atoms with Crippen molar-refractivity contribution < 1.29 is 14.7 Å². The number of thiophene rings is 1. The number of carbonyl (C=O) groups is 2. The van der Waals surface area contributed by atoms with E-state index in [0.717, 1.165) is 31.2 Å². The SMILES string of the molecule is O=C(O)C1CCCCCCN1C(=O)Cc1ccsc1. The van der Waals surface area contributed by atoms with Crippen LogP contribution in [0.15, 0.2) is 16.8 Å². The van der Waals surface area contributed by atoms with Gasteiger partial charge in [0.15, 0.2) is 0 Å². The number of carboxylic acid groups (broad SMARTS) is 1. The molecule has 19 heavy (non-hydrogen) atoms. The van der Waals surface area contributed by atoms with E-state index >= 15 is 0 Å². The lowest BCUT2D eigenvalue weighted by molar-refractivity contribution is -0.150. The number of likely N-dealkylation sites (tertiary alicyclic amines) is 1. The maximum Gasteiger partial charge on any atom is 0.326 e. The monoisotopic (exact) mass is 281 g/mol. The number of hydrogen-bond donors (Lipinski definition) is 1. The molecule has 1 fully saturated rings.